The van der Waals surface area contributed by atoms with Gasteiger partial charge in [0.05, 0.1) is 11.0 Å². The van der Waals surface area contributed by atoms with Crippen molar-refractivity contribution in [2.24, 2.45) is 0 Å². The van der Waals surface area contributed by atoms with Gasteiger partial charge in [-0.25, -0.2) is 9.97 Å². The molecule has 0 spiro atoms. The van der Waals surface area contributed by atoms with Gasteiger partial charge in [-0.05, 0) is 77.5 Å². The van der Waals surface area contributed by atoms with Crippen LogP contribution in [0, 0.1) is 19.9 Å². The molecular weight excluding hydrogens is 794 g/mol. The van der Waals surface area contributed by atoms with Crippen molar-refractivity contribution in [3.05, 3.63) is 157 Å². The van der Waals surface area contributed by atoms with Crippen molar-refractivity contribution in [2.75, 3.05) is 0 Å². The third-order valence-corrected chi connectivity index (χ3v) is 9.65. The maximum absolute atomic E-state index is 5.47. The average Bonchev–Trinajstić information content (AvgIpc) is 3.81. The Morgan fingerprint density at radius 1 is 0.600 bits per heavy atom. The molecule has 5 nitrogen and oxygen atoms in total. The summed E-state index contributed by atoms with van der Waals surface area (Å²) >= 11 is 0. The summed E-state index contributed by atoms with van der Waals surface area (Å²) in [5.41, 5.74) is 12.4. The zero-order chi connectivity index (χ0) is 32.6. The van der Waals surface area contributed by atoms with Crippen LogP contribution in [0.3, 0.4) is 0 Å². The molecule has 6 heteroatoms. The predicted molar refractivity (Wildman–Crippen MR) is 201 cm³/mol. The van der Waals surface area contributed by atoms with Gasteiger partial charge in [-0.2, -0.15) is 0 Å². The molecule has 0 saturated heterocycles. The van der Waals surface area contributed by atoms with E-state index in [0.29, 0.717) is 0 Å². The van der Waals surface area contributed by atoms with E-state index >= 15 is 0 Å². The molecule has 0 aliphatic carbocycles. The topological polar surface area (TPSA) is 49.7 Å². The first-order valence-corrected chi connectivity index (χ1v) is 16.5. The maximum Gasteiger partial charge on any atom is 2.00 e. The number of para-hydroxylation sites is 4. The van der Waals surface area contributed by atoms with Gasteiger partial charge in [0, 0.05) is 23.0 Å². The Morgan fingerprint density at radius 2 is 1.38 bits per heavy atom. The zero-order valence-electron chi connectivity index (χ0n) is 27.3. The van der Waals surface area contributed by atoms with Gasteiger partial charge in [0.2, 0.25) is 0 Å². The molecule has 10 rings (SSSR count). The van der Waals surface area contributed by atoms with Crippen molar-refractivity contribution >= 4 is 54.6 Å². The molecule has 0 unspecified atom stereocenters. The van der Waals surface area contributed by atoms with Gasteiger partial charge in [0.25, 0.3) is 0 Å². The number of rotatable bonds is 4. The van der Waals surface area contributed by atoms with E-state index in [1.807, 2.05) is 24.4 Å². The molecule has 10 aromatic rings. The summed E-state index contributed by atoms with van der Waals surface area (Å²) in [6.07, 6.45) is 1.88. The summed E-state index contributed by atoms with van der Waals surface area (Å²) in [5.74, 6) is 1.74. The minimum absolute atomic E-state index is 0. The monoisotopic (exact) mass is 822 g/mol. The number of benzene rings is 6. The van der Waals surface area contributed by atoms with Gasteiger partial charge in [-0.1, -0.05) is 101 Å². The molecule has 0 radical (unpaired) electrons. The van der Waals surface area contributed by atoms with Gasteiger partial charge in [0.1, 0.15) is 11.6 Å². The summed E-state index contributed by atoms with van der Waals surface area (Å²) in [4.78, 5) is 15.4. The van der Waals surface area contributed by atoms with Gasteiger partial charge in [-0.15, -0.1) is 34.8 Å². The van der Waals surface area contributed by atoms with E-state index in [1.54, 1.807) is 0 Å². The maximum atomic E-state index is 5.47. The molecule has 6 aromatic carbocycles. The smallest absolute Gasteiger partial charge is 0.656 e. The Balaban J connectivity index is 0.00000336. The first-order chi connectivity index (χ1) is 24.1. The summed E-state index contributed by atoms with van der Waals surface area (Å²) in [5, 5.41) is 4.62. The number of aryl methyl sites for hydroxylation is 2. The summed E-state index contributed by atoms with van der Waals surface area (Å²) in [6, 6.07) is 50.7. The second kappa shape index (κ2) is 11.7. The molecule has 0 aliphatic heterocycles. The minimum Gasteiger partial charge on any atom is -0.656 e. The standard InChI is InChI=1S/C44H29N5.Pt/c1-27-18-21-38-36(24-27)33-20-19-29(26-40(33)49(38)41-25-28(2)22-23-45-41)31-13-9-17-39-43(31)47-44(48(39)30-10-4-3-5-11-30)35-15-8-14-34-32-12-6-7-16-37(32)46-42(34)35;/h3-25H,1-2H3;/q-2;+2. The molecule has 0 fully saturated rings. The molecule has 0 aliphatic rings. The van der Waals surface area contributed by atoms with E-state index < -0.39 is 0 Å². The molecule has 50 heavy (non-hydrogen) atoms. The van der Waals surface area contributed by atoms with Gasteiger partial charge in [-0.3, -0.25) is 4.57 Å². The number of hydrogen-bond donors (Lipinski definition) is 0. The Labute approximate surface area is 303 Å². The third kappa shape index (κ3) is 4.58. The van der Waals surface area contributed by atoms with Crippen molar-refractivity contribution in [1.29, 1.82) is 0 Å². The van der Waals surface area contributed by atoms with Crippen LogP contribution in [0.4, 0.5) is 0 Å². The Morgan fingerprint density at radius 3 is 2.26 bits per heavy atom. The van der Waals surface area contributed by atoms with Crippen molar-refractivity contribution < 1.29 is 21.1 Å². The van der Waals surface area contributed by atoms with Gasteiger partial charge in [0.15, 0.2) is 0 Å². The zero-order valence-corrected chi connectivity index (χ0v) is 29.6. The van der Waals surface area contributed by atoms with Crippen LogP contribution >= 0.6 is 0 Å². The van der Waals surface area contributed by atoms with Crippen LogP contribution in [0.1, 0.15) is 11.1 Å². The molecular formula is C44H29N5Pt. The molecule has 0 saturated carbocycles. The predicted octanol–water partition coefficient (Wildman–Crippen LogP) is 10.5. The quantitative estimate of drug-likeness (QED) is 0.166. The molecule has 0 bridgehead atoms. The van der Waals surface area contributed by atoms with Gasteiger partial charge >= 0.3 is 21.1 Å². The summed E-state index contributed by atoms with van der Waals surface area (Å²) in [7, 11) is 0. The second-order valence-corrected chi connectivity index (χ2v) is 12.8. The van der Waals surface area contributed by atoms with Crippen LogP contribution in [0.15, 0.2) is 140 Å². The normalized spacial score (nSPS) is 11.6. The largest absolute Gasteiger partial charge is 2.00 e. The SMILES string of the molecule is Cc1ccnc(-n2c3[c-]c(-c4cccc5c4nc(-c4cccc6c4[n-]c4ccccc46)n5-c4ccccc4)ccc3c3cc(C)ccc32)c1.[Pt+2]. The van der Waals surface area contributed by atoms with E-state index in [-0.39, 0.29) is 21.1 Å². The second-order valence-electron chi connectivity index (χ2n) is 12.8. The average molecular weight is 823 g/mol. The van der Waals surface area contributed by atoms with Crippen molar-refractivity contribution in [1.82, 2.24) is 24.1 Å². The van der Waals surface area contributed by atoms with E-state index in [1.165, 1.54) is 10.9 Å². The van der Waals surface area contributed by atoms with Gasteiger partial charge < -0.3 is 9.55 Å². The molecule has 240 valence electrons. The van der Waals surface area contributed by atoms with E-state index in [4.69, 9.17) is 15.0 Å². The van der Waals surface area contributed by atoms with Crippen molar-refractivity contribution in [3.63, 3.8) is 0 Å². The fraction of sp³-hybridized carbons (Fsp3) is 0.0455. The molecule has 4 heterocycles. The number of aromatic nitrogens is 5. The third-order valence-electron chi connectivity index (χ3n) is 9.65. The first kappa shape index (κ1) is 30.3. The number of pyridine rings is 1. The van der Waals surface area contributed by atoms with E-state index in [9.17, 15) is 0 Å². The fourth-order valence-electron chi connectivity index (χ4n) is 7.41. The number of fused-ring (bicyclic) bond motifs is 7. The molecule has 4 aromatic heterocycles. The Hall–Kier alpha value is -5.77. The first-order valence-electron chi connectivity index (χ1n) is 16.5. The molecule has 0 N–H and O–H groups in total. The summed E-state index contributed by atoms with van der Waals surface area (Å²) in [6.45, 7) is 4.24. The van der Waals surface area contributed by atoms with Crippen LogP contribution < -0.4 is 4.98 Å². The van der Waals surface area contributed by atoms with Crippen LogP contribution in [0.25, 0.3) is 88.7 Å². The number of imidazole rings is 1. The van der Waals surface area contributed by atoms with E-state index in [2.05, 4.69) is 144 Å². The van der Waals surface area contributed by atoms with Crippen LogP contribution in [-0.2, 0) is 21.1 Å². The Kier molecular flexibility index (Phi) is 7.08. The Bertz CT molecular complexity index is 2910. The van der Waals surface area contributed by atoms with Crippen LogP contribution in [0.5, 0.6) is 0 Å². The minimum atomic E-state index is 0. The van der Waals surface area contributed by atoms with Crippen molar-refractivity contribution in [3.8, 4) is 34.0 Å². The number of nitrogens with zero attached hydrogens (tertiary/aromatic N) is 5. The van der Waals surface area contributed by atoms with Crippen molar-refractivity contribution in [2.45, 2.75) is 13.8 Å². The van der Waals surface area contributed by atoms with Crippen LogP contribution in [-0.4, -0.2) is 19.1 Å². The van der Waals surface area contributed by atoms with E-state index in [0.717, 1.165) is 88.8 Å². The van der Waals surface area contributed by atoms with Crippen LogP contribution in [0.2, 0.25) is 0 Å². The summed E-state index contributed by atoms with van der Waals surface area (Å²) < 4.78 is 4.50. The molecule has 0 amide bonds. The fourth-order valence-corrected chi connectivity index (χ4v) is 7.41. The molecule has 0 atom stereocenters. The number of hydrogen-bond acceptors (Lipinski definition) is 2.